The van der Waals surface area contributed by atoms with Gasteiger partial charge in [0.15, 0.2) is 23.0 Å². The summed E-state index contributed by atoms with van der Waals surface area (Å²) >= 11 is 0. The number of likely N-dealkylation sites (tertiary alicyclic amines) is 1. The zero-order valence-electron chi connectivity index (χ0n) is 23.9. The van der Waals surface area contributed by atoms with Gasteiger partial charge in [0.25, 0.3) is 11.7 Å². The molecule has 1 unspecified atom stereocenters. The fourth-order valence-corrected chi connectivity index (χ4v) is 5.11. The molecule has 1 saturated heterocycles. The number of fused-ring (bicyclic) bond motifs is 1. The van der Waals surface area contributed by atoms with E-state index in [1.807, 2.05) is 6.07 Å². The second-order valence-electron chi connectivity index (χ2n) is 9.84. The molecule has 0 aromatic heterocycles. The molecular formula is C31H40N2O7. The van der Waals surface area contributed by atoms with Gasteiger partial charge in [-0.05, 0) is 68.4 Å². The molecule has 216 valence electrons. The van der Waals surface area contributed by atoms with Gasteiger partial charge in [-0.2, -0.15) is 0 Å². The van der Waals surface area contributed by atoms with E-state index in [2.05, 4.69) is 25.7 Å². The number of hydrogen-bond acceptors (Lipinski definition) is 8. The van der Waals surface area contributed by atoms with Crippen LogP contribution >= 0.6 is 0 Å². The van der Waals surface area contributed by atoms with Crippen molar-refractivity contribution in [3.05, 3.63) is 53.1 Å². The smallest absolute Gasteiger partial charge is 0.295 e. The third kappa shape index (κ3) is 6.20. The van der Waals surface area contributed by atoms with Crippen LogP contribution in [0.2, 0.25) is 0 Å². The Hall–Kier alpha value is -3.72. The van der Waals surface area contributed by atoms with Crippen molar-refractivity contribution in [1.29, 1.82) is 0 Å². The Bertz CT molecular complexity index is 1240. The number of aliphatic hydroxyl groups is 1. The lowest BCUT2D eigenvalue weighted by molar-refractivity contribution is -0.140. The van der Waals surface area contributed by atoms with E-state index < -0.39 is 17.7 Å². The highest BCUT2D eigenvalue weighted by Crippen LogP contribution is 2.43. The Morgan fingerprint density at radius 2 is 1.75 bits per heavy atom. The van der Waals surface area contributed by atoms with E-state index in [1.54, 1.807) is 42.3 Å². The van der Waals surface area contributed by atoms with Gasteiger partial charge in [0.05, 0.1) is 25.3 Å². The van der Waals surface area contributed by atoms with Gasteiger partial charge in [0.2, 0.25) is 0 Å². The van der Waals surface area contributed by atoms with E-state index in [0.29, 0.717) is 66.9 Å². The van der Waals surface area contributed by atoms with Crippen molar-refractivity contribution in [1.82, 2.24) is 9.80 Å². The van der Waals surface area contributed by atoms with Crippen molar-refractivity contribution in [3.63, 3.8) is 0 Å². The number of methoxy groups -OCH3 is 1. The molecule has 40 heavy (non-hydrogen) atoms. The first kappa shape index (κ1) is 29.3. The van der Waals surface area contributed by atoms with Crippen LogP contribution in [0.4, 0.5) is 0 Å². The number of ketones is 1. The Kier molecular flexibility index (Phi) is 9.93. The molecule has 2 aromatic carbocycles. The van der Waals surface area contributed by atoms with Crippen LogP contribution in [0, 0.1) is 0 Å². The number of Topliss-reactive ketones (excluding diaryl/α,β-unsaturated/α-hetero) is 1. The summed E-state index contributed by atoms with van der Waals surface area (Å²) in [6.45, 7) is 10.6. The molecule has 2 heterocycles. The first-order valence-corrected chi connectivity index (χ1v) is 14.1. The van der Waals surface area contributed by atoms with Crippen LogP contribution in [0.1, 0.15) is 57.2 Å². The van der Waals surface area contributed by atoms with Crippen LogP contribution in [-0.4, -0.2) is 79.7 Å². The maximum Gasteiger partial charge on any atom is 0.295 e. The predicted molar refractivity (Wildman–Crippen MR) is 152 cm³/mol. The zero-order chi connectivity index (χ0) is 28.6. The molecule has 2 aromatic rings. The SMILES string of the molecule is CCCCOc1ccc(C2/C(=C(/O)c3ccc4c(c3)OCCO4)C(=O)C(=O)N2CCCN(CC)CC)cc1OC. The number of amides is 1. The van der Waals surface area contributed by atoms with Gasteiger partial charge >= 0.3 is 0 Å². The number of unbranched alkanes of at least 4 members (excludes halogenated alkanes) is 1. The first-order valence-electron chi connectivity index (χ1n) is 14.1. The minimum Gasteiger partial charge on any atom is -0.507 e. The number of nitrogens with zero attached hydrogens (tertiary/aromatic N) is 2. The number of carbonyl (C=O) groups is 2. The Labute approximate surface area is 236 Å². The van der Waals surface area contributed by atoms with Crippen molar-refractivity contribution in [2.24, 2.45) is 0 Å². The minimum atomic E-state index is -0.788. The number of carbonyl (C=O) groups excluding carboxylic acids is 2. The van der Waals surface area contributed by atoms with E-state index in [1.165, 1.54) is 0 Å². The fraction of sp³-hybridized carbons (Fsp3) is 0.484. The Morgan fingerprint density at radius 1 is 1.00 bits per heavy atom. The van der Waals surface area contributed by atoms with Crippen molar-refractivity contribution < 1.29 is 33.6 Å². The zero-order valence-corrected chi connectivity index (χ0v) is 23.9. The predicted octanol–water partition coefficient (Wildman–Crippen LogP) is 4.80. The lowest BCUT2D eigenvalue weighted by atomic mass is 9.94. The Balaban J connectivity index is 1.75. The number of ether oxygens (including phenoxy) is 4. The normalized spacial score (nSPS) is 17.9. The van der Waals surface area contributed by atoms with Crippen molar-refractivity contribution in [2.45, 2.75) is 46.1 Å². The topological polar surface area (TPSA) is 97.8 Å². The van der Waals surface area contributed by atoms with E-state index in [9.17, 15) is 14.7 Å². The van der Waals surface area contributed by atoms with Crippen LogP contribution in [0.25, 0.3) is 5.76 Å². The standard InChI is InChI=1S/C31H40N2O7/c1-5-8-16-38-23-12-10-21(19-25(23)37-4)28-27(29(34)22-11-13-24-26(20-22)40-18-17-39-24)30(35)31(36)33(28)15-9-14-32(6-2)7-3/h10-13,19-20,28,34H,5-9,14-18H2,1-4H3/b29-27-. The summed E-state index contributed by atoms with van der Waals surface area (Å²) in [5, 5.41) is 11.5. The van der Waals surface area contributed by atoms with Crippen LogP contribution in [-0.2, 0) is 9.59 Å². The van der Waals surface area contributed by atoms with Gasteiger partial charge in [0, 0.05) is 12.1 Å². The molecule has 0 radical (unpaired) electrons. The summed E-state index contributed by atoms with van der Waals surface area (Å²) in [5.41, 5.74) is 1.06. The average molecular weight is 553 g/mol. The lowest BCUT2D eigenvalue weighted by Crippen LogP contribution is -2.33. The van der Waals surface area contributed by atoms with E-state index in [0.717, 1.165) is 32.5 Å². The molecule has 2 aliphatic rings. The maximum atomic E-state index is 13.5. The molecule has 1 atom stereocenters. The molecular weight excluding hydrogens is 512 g/mol. The van der Waals surface area contributed by atoms with Crippen molar-refractivity contribution >= 4 is 17.4 Å². The number of hydrogen-bond donors (Lipinski definition) is 1. The van der Waals surface area contributed by atoms with Gasteiger partial charge < -0.3 is 33.9 Å². The van der Waals surface area contributed by atoms with Crippen LogP contribution in [0.3, 0.4) is 0 Å². The summed E-state index contributed by atoms with van der Waals surface area (Å²) in [6.07, 6.45) is 2.60. The van der Waals surface area contributed by atoms with Gasteiger partial charge in [-0.3, -0.25) is 9.59 Å². The summed E-state index contributed by atoms with van der Waals surface area (Å²) in [4.78, 5) is 30.7. The van der Waals surface area contributed by atoms with Crippen molar-refractivity contribution in [3.8, 4) is 23.0 Å². The highest BCUT2D eigenvalue weighted by molar-refractivity contribution is 6.46. The molecule has 1 N–H and O–H groups in total. The summed E-state index contributed by atoms with van der Waals surface area (Å²) in [6, 6.07) is 9.62. The molecule has 0 bridgehead atoms. The second-order valence-corrected chi connectivity index (χ2v) is 9.84. The number of benzene rings is 2. The maximum absolute atomic E-state index is 13.5. The van der Waals surface area contributed by atoms with Gasteiger partial charge in [-0.15, -0.1) is 0 Å². The quantitative estimate of drug-likeness (QED) is 0.164. The lowest BCUT2D eigenvalue weighted by Gasteiger charge is -2.27. The molecule has 1 amide bonds. The molecule has 9 heteroatoms. The van der Waals surface area contributed by atoms with Crippen LogP contribution in [0.15, 0.2) is 42.0 Å². The first-order chi connectivity index (χ1) is 19.4. The van der Waals surface area contributed by atoms with Gasteiger partial charge in [-0.25, -0.2) is 0 Å². The van der Waals surface area contributed by atoms with Gasteiger partial charge in [-0.1, -0.05) is 33.3 Å². The molecule has 1 fully saturated rings. The molecule has 0 spiro atoms. The molecule has 9 nitrogen and oxygen atoms in total. The van der Waals surface area contributed by atoms with E-state index >= 15 is 0 Å². The third-order valence-electron chi connectivity index (χ3n) is 7.38. The fourth-order valence-electron chi connectivity index (χ4n) is 5.11. The van der Waals surface area contributed by atoms with E-state index in [-0.39, 0.29) is 11.3 Å². The van der Waals surface area contributed by atoms with Crippen LogP contribution in [0.5, 0.6) is 23.0 Å². The molecule has 4 rings (SSSR count). The third-order valence-corrected chi connectivity index (χ3v) is 7.38. The summed E-state index contributed by atoms with van der Waals surface area (Å²) in [7, 11) is 1.56. The number of rotatable bonds is 13. The average Bonchev–Trinajstić information content (AvgIpc) is 3.24. The van der Waals surface area contributed by atoms with E-state index in [4.69, 9.17) is 18.9 Å². The monoisotopic (exact) mass is 552 g/mol. The van der Waals surface area contributed by atoms with Crippen molar-refractivity contribution in [2.75, 3.05) is 53.1 Å². The molecule has 0 saturated carbocycles. The number of aliphatic hydroxyl groups excluding tert-OH is 1. The summed E-state index contributed by atoms with van der Waals surface area (Å²) in [5.74, 6) is 0.531. The highest BCUT2D eigenvalue weighted by atomic mass is 16.6. The molecule has 0 aliphatic carbocycles. The highest BCUT2D eigenvalue weighted by Gasteiger charge is 2.46. The van der Waals surface area contributed by atoms with Gasteiger partial charge in [0.1, 0.15) is 19.0 Å². The minimum absolute atomic E-state index is 0.0335. The largest absolute Gasteiger partial charge is 0.507 e. The molecule has 2 aliphatic heterocycles. The second kappa shape index (κ2) is 13.6. The Morgan fingerprint density at radius 3 is 2.45 bits per heavy atom. The van der Waals surface area contributed by atoms with Crippen LogP contribution < -0.4 is 18.9 Å². The summed E-state index contributed by atoms with van der Waals surface area (Å²) < 4.78 is 22.8.